The van der Waals surface area contributed by atoms with E-state index in [0.29, 0.717) is 11.6 Å². The number of methoxy groups -OCH3 is 1. The Bertz CT molecular complexity index is 934. The van der Waals surface area contributed by atoms with E-state index in [4.69, 9.17) is 9.47 Å². The van der Waals surface area contributed by atoms with Crippen molar-refractivity contribution in [2.45, 2.75) is 24.9 Å². The number of esters is 1. The summed E-state index contributed by atoms with van der Waals surface area (Å²) >= 11 is 0. The Balaban J connectivity index is 1.67. The first-order chi connectivity index (χ1) is 13.7. The molecule has 1 aromatic heterocycles. The Kier molecular flexibility index (Phi) is 7.74. The third-order valence-corrected chi connectivity index (χ3v) is 5.33. The van der Waals surface area contributed by atoms with Crippen molar-refractivity contribution in [1.82, 2.24) is 19.6 Å². The second kappa shape index (κ2) is 10.0. The van der Waals surface area contributed by atoms with Crippen molar-refractivity contribution < 1.29 is 27.5 Å². The highest BCUT2D eigenvalue weighted by Crippen LogP contribution is 2.11. The third kappa shape index (κ3) is 6.88. The van der Waals surface area contributed by atoms with Crippen molar-refractivity contribution in [3.05, 3.63) is 41.9 Å². The molecule has 1 heterocycles. The first-order valence-corrected chi connectivity index (χ1v) is 10.2. The number of sulfonamides is 1. The van der Waals surface area contributed by atoms with E-state index >= 15 is 0 Å². The molecule has 29 heavy (non-hydrogen) atoms. The maximum Gasteiger partial charge on any atom is 0.307 e. The van der Waals surface area contributed by atoms with Crippen LogP contribution in [-0.4, -0.2) is 50.1 Å². The monoisotopic (exact) mass is 424 g/mol. The second-order valence-electron chi connectivity index (χ2n) is 6.17. The van der Waals surface area contributed by atoms with Crippen LogP contribution in [0.2, 0.25) is 0 Å². The van der Waals surface area contributed by atoms with Crippen molar-refractivity contribution in [1.29, 1.82) is 0 Å². The molecular formula is C18H24N4O6S. The van der Waals surface area contributed by atoms with Crippen molar-refractivity contribution in [2.24, 2.45) is 7.05 Å². The number of nitrogens with zero attached hydrogens (tertiary/aromatic N) is 2. The van der Waals surface area contributed by atoms with Gasteiger partial charge in [0.05, 0.1) is 13.5 Å². The zero-order valence-corrected chi connectivity index (χ0v) is 17.3. The molecule has 0 spiro atoms. The summed E-state index contributed by atoms with van der Waals surface area (Å²) in [5.41, 5.74) is 0.865. The molecule has 2 N–H and O–H groups in total. The Morgan fingerprint density at radius 1 is 1.21 bits per heavy atom. The molecule has 0 atom stereocenters. The summed E-state index contributed by atoms with van der Waals surface area (Å²) in [4.78, 5) is 27.4. The van der Waals surface area contributed by atoms with Gasteiger partial charge in [-0.05, 0) is 24.6 Å². The van der Waals surface area contributed by atoms with Gasteiger partial charge in [0.2, 0.25) is 0 Å². The van der Waals surface area contributed by atoms with Crippen LogP contribution < -0.4 is 14.8 Å². The number of rotatable bonds is 10. The van der Waals surface area contributed by atoms with Crippen LogP contribution >= 0.6 is 0 Å². The lowest BCUT2D eigenvalue weighted by Gasteiger charge is -2.08. The summed E-state index contributed by atoms with van der Waals surface area (Å²) in [5.74, 6) is 0.108. The normalized spacial score (nSPS) is 11.1. The maximum absolute atomic E-state index is 12.1. The quantitative estimate of drug-likeness (QED) is 0.524. The van der Waals surface area contributed by atoms with Gasteiger partial charge in [-0.25, -0.2) is 18.1 Å². The molecule has 2 rings (SSSR count). The Hall–Kier alpha value is -2.92. The molecule has 0 fully saturated rings. The highest BCUT2D eigenvalue weighted by Gasteiger charge is 2.18. The van der Waals surface area contributed by atoms with Gasteiger partial charge in [0.25, 0.3) is 15.9 Å². The van der Waals surface area contributed by atoms with Gasteiger partial charge in [0.15, 0.2) is 11.6 Å². The molecule has 0 aliphatic heterocycles. The molecule has 11 heteroatoms. The predicted molar refractivity (Wildman–Crippen MR) is 104 cm³/mol. The van der Waals surface area contributed by atoms with E-state index in [2.05, 4.69) is 15.0 Å². The average Bonchev–Trinajstić information content (AvgIpc) is 3.04. The molecule has 0 unspecified atom stereocenters. The van der Waals surface area contributed by atoms with Crippen molar-refractivity contribution in [3.63, 3.8) is 0 Å². The number of benzene rings is 1. The van der Waals surface area contributed by atoms with E-state index in [1.807, 2.05) is 0 Å². The topological polar surface area (TPSA) is 129 Å². The minimum absolute atomic E-state index is 0.122. The molecule has 10 nitrogen and oxygen atoms in total. The first kappa shape index (κ1) is 22.4. The van der Waals surface area contributed by atoms with Gasteiger partial charge >= 0.3 is 5.97 Å². The third-order valence-electron chi connectivity index (χ3n) is 4.00. The van der Waals surface area contributed by atoms with Gasteiger partial charge in [-0.1, -0.05) is 12.1 Å². The van der Waals surface area contributed by atoms with Gasteiger partial charge in [-0.2, -0.15) is 0 Å². The van der Waals surface area contributed by atoms with Crippen molar-refractivity contribution in [3.8, 4) is 5.75 Å². The fourth-order valence-electron chi connectivity index (χ4n) is 2.23. The van der Waals surface area contributed by atoms with Crippen LogP contribution in [0.3, 0.4) is 0 Å². The van der Waals surface area contributed by atoms with Crippen LogP contribution in [0.25, 0.3) is 0 Å². The van der Waals surface area contributed by atoms with Crippen LogP contribution in [0, 0.1) is 6.92 Å². The lowest BCUT2D eigenvalue weighted by atomic mass is 10.2. The zero-order valence-electron chi connectivity index (χ0n) is 16.5. The Labute approximate surface area is 169 Å². The minimum Gasteiger partial charge on any atom is -0.497 e. The summed E-state index contributed by atoms with van der Waals surface area (Å²) < 4.78 is 37.9. The molecule has 2 aromatic rings. The summed E-state index contributed by atoms with van der Waals surface area (Å²) in [6.45, 7) is 1.35. The molecule has 0 saturated carbocycles. The van der Waals surface area contributed by atoms with Crippen LogP contribution in [0.4, 0.5) is 0 Å². The van der Waals surface area contributed by atoms with E-state index < -0.39 is 28.5 Å². The SMILES string of the molecule is COc1ccc(CNC(=O)COC(=O)CCNS(=O)(=O)c2cn(C)c(C)n2)cc1. The predicted octanol–water partition coefficient (Wildman–Crippen LogP) is 0.265. The van der Waals surface area contributed by atoms with Crippen LogP contribution in [0.1, 0.15) is 17.8 Å². The highest BCUT2D eigenvalue weighted by atomic mass is 32.2. The number of ether oxygens (including phenoxy) is 2. The van der Waals surface area contributed by atoms with Crippen molar-refractivity contribution >= 4 is 21.9 Å². The molecule has 1 aromatic carbocycles. The van der Waals surface area contributed by atoms with E-state index in [9.17, 15) is 18.0 Å². The van der Waals surface area contributed by atoms with E-state index in [1.165, 1.54) is 6.20 Å². The van der Waals surface area contributed by atoms with E-state index in [-0.39, 0.29) is 24.5 Å². The molecular weight excluding hydrogens is 400 g/mol. The van der Waals surface area contributed by atoms with Gasteiger partial charge < -0.3 is 19.4 Å². The molecule has 0 aliphatic carbocycles. The summed E-state index contributed by atoms with van der Waals surface area (Å²) in [6, 6.07) is 7.16. The largest absolute Gasteiger partial charge is 0.497 e. The fraction of sp³-hybridized carbons (Fsp3) is 0.389. The molecule has 1 amide bonds. The molecule has 0 aliphatic rings. The zero-order chi connectivity index (χ0) is 21.4. The number of imidazole rings is 1. The number of carbonyl (C=O) groups excluding carboxylic acids is 2. The van der Waals surface area contributed by atoms with Gasteiger partial charge in [0.1, 0.15) is 11.6 Å². The fourth-order valence-corrected chi connectivity index (χ4v) is 3.30. The summed E-state index contributed by atoms with van der Waals surface area (Å²) in [6.07, 6.45) is 1.17. The Morgan fingerprint density at radius 2 is 1.90 bits per heavy atom. The number of aromatic nitrogens is 2. The average molecular weight is 424 g/mol. The number of nitrogens with one attached hydrogen (secondary N) is 2. The van der Waals surface area contributed by atoms with E-state index in [1.54, 1.807) is 49.9 Å². The molecule has 158 valence electrons. The Morgan fingerprint density at radius 3 is 2.48 bits per heavy atom. The summed E-state index contributed by atoms with van der Waals surface area (Å²) in [7, 11) is -0.567. The first-order valence-electron chi connectivity index (χ1n) is 8.76. The standard InChI is InChI=1S/C18H24N4O6S/c1-13-21-17(11-22(13)2)29(25,26)20-9-8-18(24)28-12-16(23)19-10-14-4-6-15(27-3)7-5-14/h4-7,11,20H,8-10,12H2,1-3H3,(H,19,23). The van der Waals surface area contributed by atoms with Gasteiger partial charge in [-0.15, -0.1) is 0 Å². The highest BCUT2D eigenvalue weighted by molar-refractivity contribution is 7.89. The maximum atomic E-state index is 12.1. The van der Waals surface area contributed by atoms with Gasteiger partial charge in [-0.3, -0.25) is 9.59 Å². The summed E-state index contributed by atoms with van der Waals surface area (Å²) in [5, 5.41) is 2.50. The second-order valence-corrected chi connectivity index (χ2v) is 7.88. The lowest BCUT2D eigenvalue weighted by molar-refractivity contribution is -0.148. The van der Waals surface area contributed by atoms with E-state index in [0.717, 1.165) is 5.56 Å². The molecule has 0 saturated heterocycles. The van der Waals surface area contributed by atoms with Crippen LogP contribution in [0.15, 0.2) is 35.5 Å². The number of amides is 1. The number of aryl methyl sites for hydroxylation is 2. The number of hydrogen-bond acceptors (Lipinski definition) is 7. The molecule has 0 bridgehead atoms. The van der Waals surface area contributed by atoms with Gasteiger partial charge in [0, 0.05) is 26.3 Å². The minimum atomic E-state index is -3.81. The number of hydrogen-bond donors (Lipinski definition) is 2. The number of carbonyl (C=O) groups is 2. The van der Waals surface area contributed by atoms with Crippen LogP contribution in [-0.2, 0) is 37.9 Å². The van der Waals surface area contributed by atoms with Crippen LogP contribution in [0.5, 0.6) is 5.75 Å². The smallest absolute Gasteiger partial charge is 0.307 e. The lowest BCUT2D eigenvalue weighted by Crippen LogP contribution is -2.30. The molecule has 0 radical (unpaired) electrons. The van der Waals surface area contributed by atoms with Crippen molar-refractivity contribution in [2.75, 3.05) is 20.3 Å².